The molecule has 9 rings (SSSR count). The number of pyridine rings is 3. The zero-order valence-electron chi connectivity index (χ0n) is 30.3. The first kappa shape index (κ1) is 35.7. The fourth-order valence-corrected chi connectivity index (χ4v) is 6.51. The molecule has 5 aromatic carbocycles. The Balaban J connectivity index is 0.000000216. The molecule has 0 aliphatic heterocycles. The van der Waals surface area contributed by atoms with Crippen molar-refractivity contribution in [1.82, 2.24) is 15.0 Å². The van der Waals surface area contributed by atoms with E-state index in [9.17, 15) is 0 Å². The summed E-state index contributed by atoms with van der Waals surface area (Å²) in [5.41, 5.74) is 16.3. The van der Waals surface area contributed by atoms with Gasteiger partial charge in [-0.25, -0.2) is 0 Å². The number of rotatable bonds is 4. The topological polar surface area (TPSA) is 51.8 Å². The van der Waals surface area contributed by atoms with Crippen molar-refractivity contribution in [3.05, 3.63) is 174 Å². The van der Waals surface area contributed by atoms with Crippen LogP contribution in [0, 0.1) is 46.8 Å². The number of hydrogen-bond donors (Lipinski definition) is 0. The molecule has 1 radical (unpaired) electrons. The van der Waals surface area contributed by atoms with Gasteiger partial charge in [0.05, 0.1) is 5.58 Å². The van der Waals surface area contributed by atoms with Crippen LogP contribution in [-0.4, -0.2) is 15.0 Å². The molecule has 0 saturated carbocycles. The smallest absolute Gasteiger partial charge is 0.0847 e. The maximum Gasteiger partial charge on any atom is 0.0847 e. The summed E-state index contributed by atoms with van der Waals surface area (Å²) in [6.07, 6.45) is 7.35. The predicted octanol–water partition coefficient (Wildman–Crippen LogP) is 12.4. The summed E-state index contributed by atoms with van der Waals surface area (Å²) in [4.78, 5) is 13.8. The maximum absolute atomic E-state index is 5.72. The number of furan rings is 1. The summed E-state index contributed by atoms with van der Waals surface area (Å²) in [5.74, 6) is 0. The summed E-state index contributed by atoms with van der Waals surface area (Å²) in [5, 5.41) is 4.33. The molecule has 0 amide bonds. The van der Waals surface area contributed by atoms with Gasteiger partial charge in [-0.3, -0.25) is 9.97 Å². The average Bonchev–Trinajstić information content (AvgIpc) is 3.66. The number of aryl methyl sites for hydroxylation is 5. The first-order chi connectivity index (χ1) is 25.3. The van der Waals surface area contributed by atoms with Gasteiger partial charge < -0.3 is 9.40 Å². The number of benzene rings is 5. The van der Waals surface area contributed by atoms with E-state index >= 15 is 0 Å². The van der Waals surface area contributed by atoms with Crippen molar-refractivity contribution < 1.29 is 24.5 Å². The molecule has 0 fully saturated rings. The second kappa shape index (κ2) is 15.1. The summed E-state index contributed by atoms with van der Waals surface area (Å²) in [7, 11) is 0. The Hall–Kier alpha value is -5.74. The van der Waals surface area contributed by atoms with E-state index in [0.717, 1.165) is 61.1 Å². The van der Waals surface area contributed by atoms with Gasteiger partial charge in [-0.05, 0) is 88.8 Å². The fourth-order valence-electron chi connectivity index (χ4n) is 6.51. The minimum absolute atomic E-state index is 0. The second-order valence-electron chi connectivity index (χ2n) is 13.5. The van der Waals surface area contributed by atoms with Gasteiger partial charge in [0.25, 0.3) is 0 Å². The van der Waals surface area contributed by atoms with Crippen molar-refractivity contribution in [2.75, 3.05) is 0 Å². The third-order valence-electron chi connectivity index (χ3n) is 9.81. The largest absolute Gasteiger partial charge is 0.506 e. The van der Waals surface area contributed by atoms with Gasteiger partial charge >= 0.3 is 0 Å². The van der Waals surface area contributed by atoms with Gasteiger partial charge in [0.15, 0.2) is 0 Å². The van der Waals surface area contributed by atoms with Crippen molar-refractivity contribution in [2.24, 2.45) is 0 Å². The van der Waals surface area contributed by atoms with Crippen LogP contribution in [0.15, 0.2) is 138 Å². The molecule has 0 bridgehead atoms. The number of fused-ring (bicyclic) bond motifs is 4. The molecule has 4 nitrogen and oxygen atoms in total. The molecule has 53 heavy (non-hydrogen) atoms. The molecule has 0 unspecified atom stereocenters. The Morgan fingerprint density at radius 2 is 1.28 bits per heavy atom. The van der Waals surface area contributed by atoms with Gasteiger partial charge in [-0.2, -0.15) is 0 Å². The van der Waals surface area contributed by atoms with Crippen LogP contribution in [0.4, 0.5) is 0 Å². The Labute approximate surface area is 324 Å². The van der Waals surface area contributed by atoms with Gasteiger partial charge in [0, 0.05) is 56.2 Å². The third kappa shape index (κ3) is 7.32. The van der Waals surface area contributed by atoms with Crippen LogP contribution in [0.1, 0.15) is 27.8 Å². The molecule has 0 N–H and O–H groups in total. The quantitative estimate of drug-likeness (QED) is 0.165. The van der Waals surface area contributed by atoms with E-state index in [1.54, 1.807) is 6.26 Å². The molecule has 5 heteroatoms. The van der Waals surface area contributed by atoms with E-state index in [1.165, 1.54) is 44.2 Å². The molecule has 4 aromatic heterocycles. The van der Waals surface area contributed by atoms with Crippen LogP contribution in [0.25, 0.3) is 77.4 Å². The normalized spacial score (nSPS) is 11.0. The Bertz CT molecular complexity index is 2700. The Morgan fingerprint density at radius 1 is 0.566 bits per heavy atom. The van der Waals surface area contributed by atoms with Crippen molar-refractivity contribution in [3.8, 4) is 44.8 Å². The number of aromatic nitrogens is 3. The summed E-state index contributed by atoms with van der Waals surface area (Å²) < 4.78 is 5.72. The van der Waals surface area contributed by atoms with Crippen molar-refractivity contribution in [3.63, 3.8) is 0 Å². The maximum atomic E-state index is 5.72. The van der Waals surface area contributed by atoms with Crippen molar-refractivity contribution >= 4 is 32.6 Å². The first-order valence-corrected chi connectivity index (χ1v) is 17.5. The second-order valence-corrected chi connectivity index (χ2v) is 13.5. The van der Waals surface area contributed by atoms with Crippen LogP contribution in [0.5, 0.6) is 0 Å². The Kier molecular flexibility index (Phi) is 10.1. The molecule has 0 atom stereocenters. The monoisotopic (exact) mass is 864 g/mol. The zero-order chi connectivity index (χ0) is 35.8. The molecular formula is C48H37IrN3O-2. The van der Waals surface area contributed by atoms with Gasteiger partial charge in [-0.1, -0.05) is 115 Å². The van der Waals surface area contributed by atoms with Gasteiger partial charge in [-0.15, -0.1) is 41.0 Å². The van der Waals surface area contributed by atoms with E-state index < -0.39 is 0 Å². The number of nitrogens with zero attached hydrogens (tertiary/aromatic N) is 3. The van der Waals surface area contributed by atoms with Crippen LogP contribution >= 0.6 is 0 Å². The molecule has 0 aliphatic carbocycles. The summed E-state index contributed by atoms with van der Waals surface area (Å²) >= 11 is 0. The molecule has 0 spiro atoms. The Morgan fingerprint density at radius 3 is 2.02 bits per heavy atom. The minimum atomic E-state index is 0. The fraction of sp³-hybridized carbons (Fsp3) is 0.104. The molecule has 0 aliphatic rings. The molecule has 261 valence electrons. The van der Waals surface area contributed by atoms with Gasteiger partial charge in [0.2, 0.25) is 0 Å². The standard InChI is InChI=1S/C33H21N2O.C15H16N.Ir/c1-21-15-30-29(18-28-12-14-36-33(28)32(30)35-20-21)31-19-27(11-13-34-31)26-10-9-24-16-23(7-8-25(24)17-26)22-5-3-2-4-6-22;1-10-5-6-14(7-11(10)2)15-8-12(3)13(4)9-16-15;/h2-17,19-20H,1H3;5,7-9H,1-4H3;/q2*-1;. The predicted molar refractivity (Wildman–Crippen MR) is 214 cm³/mol. The van der Waals surface area contributed by atoms with E-state index in [0.29, 0.717) is 0 Å². The van der Waals surface area contributed by atoms with Crippen molar-refractivity contribution in [2.45, 2.75) is 34.6 Å². The minimum Gasteiger partial charge on any atom is -0.506 e. The molecule has 4 heterocycles. The average molecular weight is 864 g/mol. The van der Waals surface area contributed by atoms with Crippen molar-refractivity contribution in [1.29, 1.82) is 0 Å². The molecular weight excluding hydrogens is 827 g/mol. The van der Waals surface area contributed by atoms with Crippen LogP contribution in [0.3, 0.4) is 0 Å². The van der Waals surface area contributed by atoms with Crippen LogP contribution < -0.4 is 0 Å². The SMILES string of the molecule is Cc1c[c-]c(-c2cc(C)c(C)cn2)cc1C.Cc1cnc2c(c1)c(-c1cc(-c3ccc4cc(-c5ccccc5)ccc4c3)ccn1)[c-]c1ccoc12.[Ir]. The first-order valence-electron chi connectivity index (χ1n) is 17.5. The third-order valence-corrected chi connectivity index (χ3v) is 9.81. The van der Waals surface area contributed by atoms with E-state index in [-0.39, 0.29) is 20.1 Å². The number of hydrogen-bond acceptors (Lipinski definition) is 4. The molecule has 0 saturated heterocycles. The summed E-state index contributed by atoms with van der Waals surface area (Å²) in [6.45, 7) is 10.5. The van der Waals surface area contributed by atoms with Crippen LogP contribution in [-0.2, 0) is 20.1 Å². The van der Waals surface area contributed by atoms with E-state index in [4.69, 9.17) is 9.40 Å². The van der Waals surface area contributed by atoms with E-state index in [1.807, 2.05) is 43.7 Å². The van der Waals surface area contributed by atoms with Crippen LogP contribution in [0.2, 0.25) is 0 Å². The zero-order valence-corrected chi connectivity index (χ0v) is 32.7. The van der Waals surface area contributed by atoms with E-state index in [2.05, 4.69) is 141 Å². The summed E-state index contributed by atoms with van der Waals surface area (Å²) in [6, 6.07) is 45.1. The van der Waals surface area contributed by atoms with Gasteiger partial charge in [0.1, 0.15) is 0 Å². The molecule has 9 aromatic rings.